The normalized spacial score (nSPS) is 19.4. The van der Waals surface area contributed by atoms with Gasteiger partial charge < -0.3 is 15.2 Å². The minimum atomic E-state index is -4.54. The van der Waals surface area contributed by atoms with Crippen LogP contribution in [0.15, 0.2) is 24.7 Å². The number of alkyl halides is 3. The Morgan fingerprint density at radius 2 is 1.94 bits per heavy atom. The van der Waals surface area contributed by atoms with Gasteiger partial charge in [-0.2, -0.15) is 13.2 Å². The summed E-state index contributed by atoms with van der Waals surface area (Å²) in [4.78, 5) is 23.8. The van der Waals surface area contributed by atoms with Gasteiger partial charge in [0, 0.05) is 12.3 Å². The predicted octanol–water partition coefficient (Wildman–Crippen LogP) is 3.52. The number of rotatable bonds is 4. The van der Waals surface area contributed by atoms with E-state index in [4.69, 9.17) is 15.2 Å². The molecule has 1 saturated carbocycles. The van der Waals surface area contributed by atoms with Gasteiger partial charge in [-0.3, -0.25) is 4.79 Å². The number of aromatic nitrogens is 5. The SMILES string of the molecule is COC(=O)C1CCC(n2nc(Oc3cc(C(F)(F)F)ccn3)c3c(N)ncnc32)CC1. The molecule has 2 N–H and O–H groups in total. The van der Waals surface area contributed by atoms with Gasteiger partial charge in [-0.25, -0.2) is 19.6 Å². The van der Waals surface area contributed by atoms with Gasteiger partial charge in [0.2, 0.25) is 5.88 Å². The zero-order chi connectivity index (χ0) is 22.2. The van der Waals surface area contributed by atoms with E-state index in [2.05, 4.69) is 20.1 Å². The fraction of sp³-hybridized carbons (Fsp3) is 0.421. The van der Waals surface area contributed by atoms with Crippen molar-refractivity contribution in [3.05, 3.63) is 30.2 Å². The number of hydrogen-bond acceptors (Lipinski definition) is 8. The van der Waals surface area contributed by atoms with Crippen molar-refractivity contribution in [2.75, 3.05) is 12.8 Å². The molecule has 164 valence electrons. The van der Waals surface area contributed by atoms with E-state index in [1.165, 1.54) is 13.4 Å². The largest absolute Gasteiger partial charge is 0.469 e. The van der Waals surface area contributed by atoms with Crippen LogP contribution < -0.4 is 10.5 Å². The Morgan fingerprint density at radius 1 is 1.19 bits per heavy atom. The van der Waals surface area contributed by atoms with E-state index in [0.717, 1.165) is 18.3 Å². The molecule has 0 radical (unpaired) electrons. The molecular weight excluding hydrogens is 417 g/mol. The highest BCUT2D eigenvalue weighted by molar-refractivity contribution is 5.90. The highest BCUT2D eigenvalue weighted by Crippen LogP contribution is 2.38. The minimum Gasteiger partial charge on any atom is -0.469 e. The number of nitrogens with two attached hydrogens (primary N) is 1. The molecule has 1 fully saturated rings. The highest BCUT2D eigenvalue weighted by atomic mass is 19.4. The third-order valence-corrected chi connectivity index (χ3v) is 5.33. The molecule has 3 heterocycles. The van der Waals surface area contributed by atoms with E-state index in [1.807, 2.05) is 0 Å². The number of fused-ring (bicyclic) bond motifs is 1. The molecule has 0 bridgehead atoms. The maximum absolute atomic E-state index is 13.0. The van der Waals surface area contributed by atoms with Crippen LogP contribution in [0.5, 0.6) is 11.8 Å². The first-order chi connectivity index (χ1) is 14.8. The van der Waals surface area contributed by atoms with Gasteiger partial charge in [0.05, 0.1) is 24.6 Å². The molecule has 3 aromatic heterocycles. The third kappa shape index (κ3) is 4.09. The maximum atomic E-state index is 13.0. The minimum absolute atomic E-state index is 0.0324. The number of carbonyl (C=O) groups is 1. The number of nitrogen functional groups attached to an aromatic ring is 1. The molecule has 0 amide bonds. The van der Waals surface area contributed by atoms with Gasteiger partial charge >= 0.3 is 12.1 Å². The molecule has 1 aliphatic rings. The van der Waals surface area contributed by atoms with Crippen LogP contribution in [0.25, 0.3) is 11.0 Å². The summed E-state index contributed by atoms with van der Waals surface area (Å²) in [6, 6.07) is 1.54. The van der Waals surface area contributed by atoms with Crippen molar-refractivity contribution in [1.29, 1.82) is 0 Å². The maximum Gasteiger partial charge on any atom is 0.416 e. The molecule has 9 nitrogen and oxygen atoms in total. The van der Waals surface area contributed by atoms with Gasteiger partial charge in [0.25, 0.3) is 5.88 Å². The van der Waals surface area contributed by atoms with Crippen LogP contribution in [-0.4, -0.2) is 37.8 Å². The van der Waals surface area contributed by atoms with E-state index in [1.54, 1.807) is 4.68 Å². The Hall–Kier alpha value is -3.44. The average Bonchev–Trinajstić information content (AvgIpc) is 3.12. The summed E-state index contributed by atoms with van der Waals surface area (Å²) in [5.74, 6) is -0.640. The fourth-order valence-electron chi connectivity index (χ4n) is 3.75. The number of ether oxygens (including phenoxy) is 2. The zero-order valence-electron chi connectivity index (χ0n) is 16.5. The summed E-state index contributed by atoms with van der Waals surface area (Å²) in [7, 11) is 1.36. The van der Waals surface area contributed by atoms with Crippen LogP contribution in [0, 0.1) is 5.92 Å². The van der Waals surface area contributed by atoms with Crippen molar-refractivity contribution in [2.24, 2.45) is 5.92 Å². The number of hydrogen-bond donors (Lipinski definition) is 1. The first-order valence-electron chi connectivity index (χ1n) is 9.55. The summed E-state index contributed by atoms with van der Waals surface area (Å²) in [6.07, 6.45) is 0.259. The Morgan fingerprint density at radius 3 is 2.61 bits per heavy atom. The second-order valence-electron chi connectivity index (χ2n) is 7.22. The summed E-state index contributed by atoms with van der Waals surface area (Å²) in [5, 5.41) is 4.71. The quantitative estimate of drug-likeness (QED) is 0.617. The van der Waals surface area contributed by atoms with Gasteiger partial charge in [-0.1, -0.05) is 0 Å². The molecule has 0 aliphatic heterocycles. The second kappa shape index (κ2) is 8.00. The van der Waals surface area contributed by atoms with Crippen LogP contribution >= 0.6 is 0 Å². The lowest BCUT2D eigenvalue weighted by molar-refractivity contribution is -0.146. The number of nitrogens with zero attached hydrogens (tertiary/aromatic N) is 5. The molecule has 0 aromatic carbocycles. The molecule has 0 unspecified atom stereocenters. The number of halogens is 3. The molecule has 31 heavy (non-hydrogen) atoms. The second-order valence-corrected chi connectivity index (χ2v) is 7.22. The van der Waals surface area contributed by atoms with Gasteiger partial charge in [-0.05, 0) is 31.7 Å². The van der Waals surface area contributed by atoms with Crippen LogP contribution in [0.2, 0.25) is 0 Å². The molecule has 4 rings (SSSR count). The van der Waals surface area contributed by atoms with E-state index in [0.29, 0.717) is 31.3 Å². The molecular formula is C19H19F3N6O3. The van der Waals surface area contributed by atoms with Crippen molar-refractivity contribution in [3.8, 4) is 11.8 Å². The Bertz CT molecular complexity index is 1110. The molecule has 0 saturated heterocycles. The van der Waals surface area contributed by atoms with Gasteiger partial charge in [-0.15, -0.1) is 5.10 Å². The first kappa shape index (κ1) is 20.8. The monoisotopic (exact) mass is 436 g/mol. The first-order valence-corrected chi connectivity index (χ1v) is 9.55. The molecule has 0 atom stereocenters. The summed E-state index contributed by atoms with van der Waals surface area (Å²) < 4.78 is 51.0. The van der Waals surface area contributed by atoms with Gasteiger partial charge in [0.15, 0.2) is 5.65 Å². The van der Waals surface area contributed by atoms with Crippen molar-refractivity contribution in [1.82, 2.24) is 24.7 Å². The van der Waals surface area contributed by atoms with Crippen molar-refractivity contribution < 1.29 is 27.4 Å². The zero-order valence-corrected chi connectivity index (χ0v) is 16.5. The summed E-state index contributed by atoms with van der Waals surface area (Å²) >= 11 is 0. The standard InChI is InChI=1S/C19H19F3N6O3/c1-30-18(29)10-2-4-12(5-3-10)28-16-14(15(23)25-9-26-16)17(27-28)31-13-8-11(6-7-24-13)19(20,21)22/h6-10,12H,2-5H2,1H3,(H2,23,25,26). The van der Waals surface area contributed by atoms with Crippen LogP contribution in [0.4, 0.5) is 19.0 Å². The van der Waals surface area contributed by atoms with E-state index in [-0.39, 0.29) is 40.9 Å². The van der Waals surface area contributed by atoms with E-state index >= 15 is 0 Å². The third-order valence-electron chi connectivity index (χ3n) is 5.33. The number of carbonyl (C=O) groups excluding carboxylic acids is 1. The van der Waals surface area contributed by atoms with E-state index in [9.17, 15) is 18.0 Å². The number of esters is 1. The summed E-state index contributed by atoms with van der Waals surface area (Å²) in [5.41, 5.74) is 5.49. The Balaban J connectivity index is 1.66. The lowest BCUT2D eigenvalue weighted by Crippen LogP contribution is -2.25. The van der Waals surface area contributed by atoms with Gasteiger partial charge in [0.1, 0.15) is 17.5 Å². The van der Waals surface area contributed by atoms with E-state index < -0.39 is 11.7 Å². The van der Waals surface area contributed by atoms with Crippen molar-refractivity contribution in [3.63, 3.8) is 0 Å². The molecule has 3 aromatic rings. The molecule has 1 aliphatic carbocycles. The molecule has 0 spiro atoms. The average molecular weight is 436 g/mol. The molecule has 12 heteroatoms. The Kier molecular flexibility index (Phi) is 5.38. The number of anilines is 1. The number of methoxy groups -OCH3 is 1. The van der Waals surface area contributed by atoms with Crippen LogP contribution in [-0.2, 0) is 15.7 Å². The smallest absolute Gasteiger partial charge is 0.416 e. The Labute approximate surface area is 174 Å². The highest BCUT2D eigenvalue weighted by Gasteiger charge is 2.32. The fourth-order valence-corrected chi connectivity index (χ4v) is 3.75. The predicted molar refractivity (Wildman–Crippen MR) is 102 cm³/mol. The summed E-state index contributed by atoms with van der Waals surface area (Å²) in [6.45, 7) is 0. The van der Waals surface area contributed by atoms with Crippen LogP contribution in [0.1, 0.15) is 37.3 Å². The number of pyridine rings is 1. The van der Waals surface area contributed by atoms with Crippen molar-refractivity contribution >= 4 is 22.8 Å². The lowest BCUT2D eigenvalue weighted by atomic mass is 9.86. The topological polar surface area (TPSA) is 118 Å². The van der Waals surface area contributed by atoms with Crippen molar-refractivity contribution in [2.45, 2.75) is 37.9 Å². The van der Waals surface area contributed by atoms with Crippen LogP contribution in [0.3, 0.4) is 0 Å². The lowest BCUT2D eigenvalue weighted by Gasteiger charge is -2.27.